The Bertz CT molecular complexity index is 687. The first-order chi connectivity index (χ1) is 10.2. The number of hydrogen-bond donors (Lipinski definition) is 2. The summed E-state index contributed by atoms with van der Waals surface area (Å²) in [5.74, 6) is -0.296. The lowest BCUT2D eigenvalue weighted by Crippen LogP contribution is -2.40. The molecule has 0 aliphatic carbocycles. The van der Waals surface area contributed by atoms with Gasteiger partial charge in [-0.3, -0.25) is 9.59 Å². The van der Waals surface area contributed by atoms with E-state index >= 15 is 0 Å². The van der Waals surface area contributed by atoms with Gasteiger partial charge in [0.15, 0.2) is 0 Å². The highest BCUT2D eigenvalue weighted by atomic mass is 79.9. The first-order valence-electron chi connectivity index (χ1n) is 6.74. The average Bonchev–Trinajstić information content (AvgIpc) is 2.84. The van der Waals surface area contributed by atoms with Gasteiger partial charge in [0.1, 0.15) is 0 Å². The van der Waals surface area contributed by atoms with E-state index in [1.807, 2.05) is 26.8 Å². The predicted octanol–water partition coefficient (Wildman–Crippen LogP) is 4.29. The number of thiophene rings is 1. The van der Waals surface area contributed by atoms with Gasteiger partial charge in [0.2, 0.25) is 0 Å². The topological polar surface area (TPSA) is 58.2 Å². The highest BCUT2D eigenvalue weighted by molar-refractivity contribution is 9.11. The van der Waals surface area contributed by atoms with Crippen molar-refractivity contribution in [1.29, 1.82) is 0 Å². The molecule has 0 fully saturated rings. The summed E-state index contributed by atoms with van der Waals surface area (Å²) in [7, 11) is 0. The van der Waals surface area contributed by atoms with E-state index in [-0.39, 0.29) is 17.4 Å². The Labute approximate surface area is 142 Å². The Balaban J connectivity index is 2.03. The molecule has 22 heavy (non-hydrogen) atoms. The molecule has 0 spiro atoms. The summed E-state index contributed by atoms with van der Waals surface area (Å²) in [6.45, 7) is 5.79. The van der Waals surface area contributed by atoms with Crippen molar-refractivity contribution in [2.75, 3.05) is 5.32 Å². The largest absolute Gasteiger partial charge is 0.347 e. The minimum atomic E-state index is -0.281. The third kappa shape index (κ3) is 4.68. The Morgan fingerprint density at radius 2 is 1.64 bits per heavy atom. The highest BCUT2D eigenvalue weighted by Gasteiger charge is 2.15. The van der Waals surface area contributed by atoms with Crippen molar-refractivity contribution in [3.8, 4) is 0 Å². The first-order valence-corrected chi connectivity index (χ1v) is 8.35. The standard InChI is InChI=1S/C16H17BrN2O2S/c1-16(2,3)19-14(20)10-4-6-11(7-5-10)18-15(21)12-8-9-13(17)22-12/h4-9H,1-3H3,(H,18,21)(H,19,20). The van der Waals surface area contributed by atoms with Crippen molar-refractivity contribution >= 4 is 44.8 Å². The minimum Gasteiger partial charge on any atom is -0.347 e. The fourth-order valence-corrected chi connectivity index (χ4v) is 3.03. The van der Waals surface area contributed by atoms with E-state index in [2.05, 4.69) is 26.6 Å². The van der Waals surface area contributed by atoms with Crippen LogP contribution in [0, 0.1) is 0 Å². The Morgan fingerprint density at radius 3 is 2.14 bits per heavy atom. The molecule has 2 N–H and O–H groups in total. The van der Waals surface area contributed by atoms with Gasteiger partial charge in [0, 0.05) is 16.8 Å². The third-order valence-electron chi connectivity index (χ3n) is 2.69. The second-order valence-corrected chi connectivity index (χ2v) is 8.30. The van der Waals surface area contributed by atoms with Crippen LogP contribution in [0.1, 0.15) is 40.8 Å². The zero-order chi connectivity index (χ0) is 16.3. The highest BCUT2D eigenvalue weighted by Crippen LogP contribution is 2.23. The summed E-state index contributed by atoms with van der Waals surface area (Å²) in [6.07, 6.45) is 0. The van der Waals surface area contributed by atoms with Crippen molar-refractivity contribution in [2.45, 2.75) is 26.3 Å². The average molecular weight is 381 g/mol. The molecule has 4 nitrogen and oxygen atoms in total. The van der Waals surface area contributed by atoms with Gasteiger partial charge in [0.05, 0.1) is 8.66 Å². The van der Waals surface area contributed by atoms with E-state index in [4.69, 9.17) is 0 Å². The van der Waals surface area contributed by atoms with Crippen LogP contribution in [0.2, 0.25) is 0 Å². The molecule has 0 bridgehead atoms. The normalized spacial score (nSPS) is 11.1. The smallest absolute Gasteiger partial charge is 0.265 e. The molecule has 0 saturated heterocycles. The summed E-state index contributed by atoms with van der Waals surface area (Å²) in [5.41, 5.74) is 0.935. The number of carbonyl (C=O) groups is 2. The van der Waals surface area contributed by atoms with Crippen molar-refractivity contribution < 1.29 is 9.59 Å². The number of halogens is 1. The second kappa shape index (κ2) is 6.62. The molecule has 0 atom stereocenters. The van der Waals surface area contributed by atoms with Crippen LogP contribution in [0.15, 0.2) is 40.2 Å². The van der Waals surface area contributed by atoms with E-state index in [0.29, 0.717) is 16.1 Å². The van der Waals surface area contributed by atoms with Crippen molar-refractivity contribution in [1.82, 2.24) is 5.32 Å². The lowest BCUT2D eigenvalue weighted by molar-refractivity contribution is 0.0919. The van der Waals surface area contributed by atoms with Crippen LogP contribution in [0.5, 0.6) is 0 Å². The van der Waals surface area contributed by atoms with Crippen LogP contribution in [0.25, 0.3) is 0 Å². The van der Waals surface area contributed by atoms with Crippen LogP contribution < -0.4 is 10.6 Å². The van der Waals surface area contributed by atoms with Gasteiger partial charge in [-0.2, -0.15) is 0 Å². The maximum Gasteiger partial charge on any atom is 0.265 e. The molecule has 0 aliphatic heterocycles. The van der Waals surface area contributed by atoms with Crippen LogP contribution in [0.4, 0.5) is 5.69 Å². The van der Waals surface area contributed by atoms with Gasteiger partial charge >= 0.3 is 0 Å². The number of carbonyl (C=O) groups excluding carboxylic acids is 2. The summed E-state index contributed by atoms with van der Waals surface area (Å²) >= 11 is 4.70. The number of amides is 2. The van der Waals surface area contributed by atoms with Gasteiger partial charge in [0.25, 0.3) is 11.8 Å². The number of nitrogens with one attached hydrogen (secondary N) is 2. The monoisotopic (exact) mass is 380 g/mol. The van der Waals surface area contributed by atoms with Crippen LogP contribution in [-0.2, 0) is 0 Å². The molecule has 0 aliphatic rings. The molecule has 0 unspecified atom stereocenters. The van der Waals surface area contributed by atoms with E-state index < -0.39 is 0 Å². The predicted molar refractivity (Wildman–Crippen MR) is 93.6 cm³/mol. The lowest BCUT2D eigenvalue weighted by Gasteiger charge is -2.20. The van der Waals surface area contributed by atoms with Crippen molar-refractivity contribution in [3.05, 3.63) is 50.6 Å². The molecule has 116 valence electrons. The summed E-state index contributed by atoms with van der Waals surface area (Å²) in [5, 5.41) is 5.70. The van der Waals surface area contributed by atoms with Crippen molar-refractivity contribution in [3.63, 3.8) is 0 Å². The zero-order valence-electron chi connectivity index (χ0n) is 12.6. The lowest BCUT2D eigenvalue weighted by atomic mass is 10.1. The van der Waals surface area contributed by atoms with Crippen LogP contribution >= 0.6 is 27.3 Å². The van der Waals surface area contributed by atoms with Crippen LogP contribution in [0.3, 0.4) is 0 Å². The second-order valence-electron chi connectivity index (χ2n) is 5.84. The van der Waals surface area contributed by atoms with E-state index in [1.54, 1.807) is 30.3 Å². The maximum atomic E-state index is 12.0. The fourth-order valence-electron chi connectivity index (χ4n) is 1.75. The van der Waals surface area contributed by atoms with Gasteiger partial charge in [-0.05, 0) is 73.1 Å². The molecule has 6 heteroatoms. The van der Waals surface area contributed by atoms with Gasteiger partial charge < -0.3 is 10.6 Å². The molecule has 2 rings (SSSR count). The quantitative estimate of drug-likeness (QED) is 0.833. The zero-order valence-corrected chi connectivity index (χ0v) is 15.0. The molecular weight excluding hydrogens is 364 g/mol. The molecule has 1 heterocycles. The van der Waals surface area contributed by atoms with E-state index in [0.717, 1.165) is 3.79 Å². The van der Waals surface area contributed by atoms with Crippen LogP contribution in [-0.4, -0.2) is 17.4 Å². The van der Waals surface area contributed by atoms with Gasteiger partial charge in [-0.1, -0.05) is 0 Å². The molecule has 0 radical (unpaired) electrons. The number of rotatable bonds is 3. The third-order valence-corrected chi connectivity index (χ3v) is 4.31. The Hall–Kier alpha value is -1.66. The number of anilines is 1. The SMILES string of the molecule is CC(C)(C)NC(=O)c1ccc(NC(=O)c2ccc(Br)s2)cc1. The number of benzene rings is 1. The Kier molecular flexibility index (Phi) is 5.03. The molecular formula is C16H17BrN2O2S. The van der Waals surface area contributed by atoms with E-state index in [9.17, 15) is 9.59 Å². The van der Waals surface area contributed by atoms with Gasteiger partial charge in [-0.15, -0.1) is 11.3 Å². The molecule has 1 aromatic carbocycles. The van der Waals surface area contributed by atoms with Gasteiger partial charge in [-0.25, -0.2) is 0 Å². The molecule has 0 saturated carbocycles. The summed E-state index contributed by atoms with van der Waals surface area (Å²) in [6, 6.07) is 10.4. The fraction of sp³-hybridized carbons (Fsp3) is 0.250. The first kappa shape index (κ1) is 16.7. The van der Waals surface area contributed by atoms with Crippen molar-refractivity contribution in [2.24, 2.45) is 0 Å². The summed E-state index contributed by atoms with van der Waals surface area (Å²) in [4.78, 5) is 24.7. The Morgan fingerprint density at radius 1 is 1.00 bits per heavy atom. The summed E-state index contributed by atoms with van der Waals surface area (Å²) < 4.78 is 0.909. The minimum absolute atomic E-state index is 0.132. The molecule has 2 aromatic rings. The molecule has 2 amide bonds. The number of hydrogen-bond acceptors (Lipinski definition) is 3. The van der Waals surface area contributed by atoms with E-state index in [1.165, 1.54) is 11.3 Å². The maximum absolute atomic E-state index is 12.0. The molecule has 1 aromatic heterocycles.